The van der Waals surface area contributed by atoms with E-state index in [1.807, 2.05) is 0 Å². The van der Waals surface area contributed by atoms with Crippen LogP contribution in [0.3, 0.4) is 0 Å². The number of hydrogen-bond donors (Lipinski definition) is 1. The Bertz CT molecular complexity index is 116. The lowest BCUT2D eigenvalue weighted by molar-refractivity contribution is -0.140. The molecule has 60 valence electrons. The van der Waals surface area contributed by atoms with E-state index in [1.54, 1.807) is 11.8 Å². The minimum Gasteiger partial charge on any atom is -0.467 e. The van der Waals surface area contributed by atoms with Crippen LogP contribution in [0.2, 0.25) is 0 Å². The van der Waals surface area contributed by atoms with Gasteiger partial charge in [-0.05, 0) is 0 Å². The van der Waals surface area contributed by atoms with E-state index in [9.17, 15) is 4.79 Å². The summed E-state index contributed by atoms with van der Waals surface area (Å²) in [6, 6.07) is 0. The van der Waals surface area contributed by atoms with Gasteiger partial charge in [0.05, 0.1) is 7.11 Å². The summed E-state index contributed by atoms with van der Waals surface area (Å²) in [7, 11) is 1.41. The molecule has 0 radical (unpaired) electrons. The first-order valence-corrected chi connectivity index (χ1v) is 3.82. The number of halogens is 1. The predicted octanol–water partition coefficient (Wildman–Crippen LogP) is 0.244. The fourth-order valence-electron chi connectivity index (χ4n) is 0.684. The van der Waals surface area contributed by atoms with E-state index in [2.05, 4.69) is 10.1 Å². The first-order valence-electron chi connectivity index (χ1n) is 2.77. The Morgan fingerprint density at radius 1 is 1.80 bits per heavy atom. The summed E-state index contributed by atoms with van der Waals surface area (Å²) in [5.74, 6) is 0.831. The average Bonchev–Trinajstić information content (AvgIpc) is 2.37. The molecule has 0 aromatic heterocycles. The molecule has 1 atom stereocenters. The van der Waals surface area contributed by atoms with Crippen LogP contribution in [-0.4, -0.2) is 30.8 Å². The van der Waals surface area contributed by atoms with Gasteiger partial charge in [-0.1, -0.05) is 0 Å². The summed E-state index contributed by atoms with van der Waals surface area (Å²) in [5.41, 5.74) is 0. The number of ether oxygens (including phenoxy) is 1. The number of thioether (sulfide) groups is 1. The molecule has 3 nitrogen and oxygen atoms in total. The van der Waals surface area contributed by atoms with E-state index in [-0.39, 0.29) is 23.8 Å². The molecule has 0 aliphatic carbocycles. The fraction of sp³-hybridized carbons (Fsp3) is 0.800. The smallest absolute Gasteiger partial charge is 0.333 e. The Labute approximate surface area is 70.3 Å². The van der Waals surface area contributed by atoms with Gasteiger partial charge in [0.2, 0.25) is 0 Å². The van der Waals surface area contributed by atoms with Crippen molar-refractivity contribution in [3.05, 3.63) is 0 Å². The summed E-state index contributed by atoms with van der Waals surface area (Å²) < 4.78 is 4.51. The number of carbonyl (C=O) groups is 1. The van der Waals surface area contributed by atoms with Crippen LogP contribution in [0.25, 0.3) is 0 Å². The lowest BCUT2D eigenvalue weighted by atomic mass is 10.6. The molecule has 10 heavy (non-hydrogen) atoms. The zero-order valence-corrected chi connectivity index (χ0v) is 7.26. The predicted molar refractivity (Wildman–Crippen MR) is 43.5 cm³/mol. The maximum Gasteiger partial charge on any atom is 0.333 e. The van der Waals surface area contributed by atoms with E-state index in [0.717, 1.165) is 12.3 Å². The van der Waals surface area contributed by atoms with Crippen LogP contribution in [-0.2, 0) is 9.53 Å². The molecule has 0 spiro atoms. The highest BCUT2D eigenvalue weighted by molar-refractivity contribution is 8.00. The second-order valence-corrected chi connectivity index (χ2v) is 2.94. The molecule has 5 heteroatoms. The normalized spacial score (nSPS) is 23.5. The molecule has 0 aromatic carbocycles. The molecule has 0 saturated carbocycles. The molecular weight excluding hydrogens is 174 g/mol. The monoisotopic (exact) mass is 183 g/mol. The largest absolute Gasteiger partial charge is 0.467 e. The van der Waals surface area contributed by atoms with Gasteiger partial charge in [-0.2, -0.15) is 0 Å². The van der Waals surface area contributed by atoms with Gasteiger partial charge in [0.25, 0.3) is 0 Å². The quantitative estimate of drug-likeness (QED) is 0.592. The van der Waals surface area contributed by atoms with Gasteiger partial charge in [0.15, 0.2) is 5.37 Å². The third kappa shape index (κ3) is 2.36. The first-order chi connectivity index (χ1) is 4.34. The number of carbonyl (C=O) groups excluding carboxylic acids is 1. The van der Waals surface area contributed by atoms with Crippen LogP contribution in [0, 0.1) is 0 Å². The Hall–Kier alpha value is 0.0700. The third-order valence-corrected chi connectivity index (χ3v) is 2.26. The van der Waals surface area contributed by atoms with E-state index < -0.39 is 0 Å². The van der Waals surface area contributed by atoms with Gasteiger partial charge < -0.3 is 4.74 Å². The molecule has 1 aliphatic rings. The molecule has 1 rings (SSSR count). The number of rotatable bonds is 1. The van der Waals surface area contributed by atoms with Crippen molar-refractivity contribution in [1.29, 1.82) is 0 Å². The first kappa shape index (κ1) is 10.1. The van der Waals surface area contributed by atoms with Gasteiger partial charge in [-0.3, -0.25) is 5.32 Å². The van der Waals surface area contributed by atoms with Crippen LogP contribution in [0.5, 0.6) is 0 Å². The molecule has 1 heterocycles. The maximum absolute atomic E-state index is 10.7. The standard InChI is InChI=1S/C5H9NO2S.ClH/c1-8-5(7)4-6-2-3-9-4;/h4,6H,2-3H2,1H3;1H/t4-;/m1./s1. The second-order valence-electron chi connectivity index (χ2n) is 1.73. The van der Waals surface area contributed by atoms with Gasteiger partial charge >= 0.3 is 5.97 Å². The van der Waals surface area contributed by atoms with E-state index >= 15 is 0 Å². The lowest BCUT2D eigenvalue weighted by Crippen LogP contribution is -2.29. The van der Waals surface area contributed by atoms with E-state index in [4.69, 9.17) is 0 Å². The summed E-state index contributed by atoms with van der Waals surface area (Å²) in [6.45, 7) is 0.907. The van der Waals surface area contributed by atoms with Crippen molar-refractivity contribution < 1.29 is 9.53 Å². The van der Waals surface area contributed by atoms with Crippen molar-refractivity contribution >= 4 is 30.1 Å². The average molecular weight is 184 g/mol. The topological polar surface area (TPSA) is 38.3 Å². The Morgan fingerprint density at radius 3 is 2.90 bits per heavy atom. The number of methoxy groups -OCH3 is 1. The Kier molecular flexibility index (Phi) is 4.85. The molecule has 1 aliphatic heterocycles. The molecule has 1 N–H and O–H groups in total. The highest BCUT2D eigenvalue weighted by Crippen LogP contribution is 2.13. The van der Waals surface area contributed by atoms with Crippen LogP contribution in [0.1, 0.15) is 0 Å². The van der Waals surface area contributed by atoms with Crippen molar-refractivity contribution in [2.45, 2.75) is 5.37 Å². The summed E-state index contributed by atoms with van der Waals surface area (Å²) in [6.07, 6.45) is 0. The second kappa shape index (κ2) is 4.82. The molecule has 0 amide bonds. The van der Waals surface area contributed by atoms with E-state index in [1.165, 1.54) is 7.11 Å². The van der Waals surface area contributed by atoms with Crippen molar-refractivity contribution in [3.8, 4) is 0 Å². The van der Waals surface area contributed by atoms with Gasteiger partial charge in [-0.25, -0.2) is 4.79 Å². The highest BCUT2D eigenvalue weighted by Gasteiger charge is 2.22. The summed E-state index contributed by atoms with van der Waals surface area (Å²) >= 11 is 1.59. The highest BCUT2D eigenvalue weighted by atomic mass is 35.5. The summed E-state index contributed by atoms with van der Waals surface area (Å²) in [4.78, 5) is 10.7. The van der Waals surface area contributed by atoms with Crippen molar-refractivity contribution in [2.24, 2.45) is 0 Å². The van der Waals surface area contributed by atoms with Crippen LogP contribution >= 0.6 is 24.2 Å². The SMILES string of the molecule is COC(=O)[C@@H]1NCCS1.Cl. The minimum absolute atomic E-state index is 0. The number of esters is 1. The third-order valence-electron chi connectivity index (χ3n) is 1.13. The maximum atomic E-state index is 10.7. The van der Waals surface area contributed by atoms with Crippen LogP contribution in [0.15, 0.2) is 0 Å². The Balaban J connectivity index is 0.000000810. The molecule has 0 unspecified atom stereocenters. The zero-order chi connectivity index (χ0) is 6.69. The van der Waals surface area contributed by atoms with Gasteiger partial charge in [0, 0.05) is 12.3 Å². The Morgan fingerprint density at radius 2 is 2.50 bits per heavy atom. The fourth-order valence-corrected chi connectivity index (χ4v) is 1.62. The summed E-state index contributed by atoms with van der Waals surface area (Å²) in [5, 5.41) is 2.88. The van der Waals surface area contributed by atoms with Crippen molar-refractivity contribution in [1.82, 2.24) is 5.32 Å². The van der Waals surface area contributed by atoms with Crippen molar-refractivity contribution in [3.63, 3.8) is 0 Å². The molecule has 1 fully saturated rings. The number of hydrogen-bond acceptors (Lipinski definition) is 4. The molecular formula is C5H10ClNO2S. The molecule has 0 aromatic rings. The minimum atomic E-state index is -0.169. The van der Waals surface area contributed by atoms with Gasteiger partial charge in [-0.15, -0.1) is 24.2 Å². The zero-order valence-electron chi connectivity index (χ0n) is 5.62. The molecule has 0 bridgehead atoms. The number of nitrogens with one attached hydrogen (secondary N) is 1. The lowest BCUT2D eigenvalue weighted by Gasteiger charge is -2.04. The van der Waals surface area contributed by atoms with E-state index in [0.29, 0.717) is 0 Å². The van der Waals surface area contributed by atoms with Crippen LogP contribution in [0.4, 0.5) is 0 Å². The van der Waals surface area contributed by atoms with Gasteiger partial charge in [0.1, 0.15) is 0 Å². The van der Waals surface area contributed by atoms with Crippen molar-refractivity contribution in [2.75, 3.05) is 19.4 Å². The van der Waals surface area contributed by atoms with Crippen LogP contribution < -0.4 is 5.32 Å². The molecule has 1 saturated heterocycles.